The molecule has 0 saturated carbocycles. The second-order valence-corrected chi connectivity index (χ2v) is 8.90. The number of thioether (sulfide) groups is 1. The van der Waals surface area contributed by atoms with Crippen LogP contribution in [0.1, 0.15) is 25.8 Å². The minimum Gasteiger partial charge on any atom is -0.325 e. The van der Waals surface area contributed by atoms with Gasteiger partial charge in [0.05, 0.1) is 21.8 Å². The number of amides is 1. The number of nitrogens with zero attached hydrogens (tertiary/aromatic N) is 3. The highest BCUT2D eigenvalue weighted by Gasteiger charge is 2.22. The number of benzene rings is 3. The van der Waals surface area contributed by atoms with Crippen molar-refractivity contribution < 1.29 is 4.79 Å². The zero-order valence-corrected chi connectivity index (χ0v) is 18.9. The highest BCUT2D eigenvalue weighted by atomic mass is 32.2. The number of para-hydroxylation sites is 3. The van der Waals surface area contributed by atoms with Gasteiger partial charge < -0.3 is 5.32 Å². The molecule has 160 valence electrons. The first-order valence-corrected chi connectivity index (χ1v) is 11.8. The summed E-state index contributed by atoms with van der Waals surface area (Å²) < 4.78 is 2.08. The monoisotopic (exact) mass is 440 g/mol. The van der Waals surface area contributed by atoms with Gasteiger partial charge in [0.15, 0.2) is 5.16 Å². The summed E-state index contributed by atoms with van der Waals surface area (Å²) >= 11 is 1.49. The Hall–Kier alpha value is -3.38. The Labute approximate surface area is 190 Å². The number of anilines is 1. The lowest BCUT2D eigenvalue weighted by atomic mass is 10.1. The van der Waals surface area contributed by atoms with E-state index in [4.69, 9.17) is 9.97 Å². The predicted octanol–water partition coefficient (Wildman–Crippen LogP) is 6.11. The molecule has 6 heteroatoms. The van der Waals surface area contributed by atoms with Crippen LogP contribution in [-0.4, -0.2) is 25.5 Å². The Morgan fingerprint density at radius 2 is 1.66 bits per heavy atom. The molecule has 0 aliphatic rings. The van der Waals surface area contributed by atoms with Crippen molar-refractivity contribution in [2.45, 2.75) is 37.1 Å². The van der Waals surface area contributed by atoms with E-state index < -0.39 is 0 Å². The maximum Gasteiger partial charge on any atom is 0.237 e. The highest BCUT2D eigenvalue weighted by Crippen LogP contribution is 2.32. The molecule has 2 aromatic heterocycles. The molecule has 0 unspecified atom stereocenters. The van der Waals surface area contributed by atoms with Crippen molar-refractivity contribution in [1.29, 1.82) is 0 Å². The van der Waals surface area contributed by atoms with Crippen LogP contribution in [0.2, 0.25) is 0 Å². The maximum atomic E-state index is 13.1. The molecule has 0 radical (unpaired) electrons. The summed E-state index contributed by atoms with van der Waals surface area (Å²) in [6, 6.07) is 24.1. The van der Waals surface area contributed by atoms with E-state index in [9.17, 15) is 4.79 Å². The molecule has 0 aliphatic carbocycles. The lowest BCUT2D eigenvalue weighted by Gasteiger charge is -2.16. The van der Waals surface area contributed by atoms with E-state index in [2.05, 4.69) is 28.8 Å². The van der Waals surface area contributed by atoms with E-state index in [-0.39, 0.29) is 11.2 Å². The van der Waals surface area contributed by atoms with Crippen LogP contribution < -0.4 is 5.32 Å². The third-order valence-corrected chi connectivity index (χ3v) is 6.97. The molecule has 5 nitrogen and oxygen atoms in total. The van der Waals surface area contributed by atoms with Gasteiger partial charge in [-0.3, -0.25) is 9.20 Å². The largest absolute Gasteiger partial charge is 0.325 e. The number of hydrogen-bond acceptors (Lipinski definition) is 4. The number of aromatic nitrogens is 3. The zero-order chi connectivity index (χ0) is 22.1. The molecule has 1 amide bonds. The summed E-state index contributed by atoms with van der Waals surface area (Å²) in [6.07, 6.45) is 1.66. The number of aryl methyl sites for hydroxylation is 1. The van der Waals surface area contributed by atoms with Gasteiger partial charge >= 0.3 is 0 Å². The average Bonchev–Trinajstić information content (AvgIpc) is 3.23. The van der Waals surface area contributed by atoms with Crippen molar-refractivity contribution in [3.05, 3.63) is 78.4 Å². The predicted molar refractivity (Wildman–Crippen MR) is 132 cm³/mol. The van der Waals surface area contributed by atoms with Crippen LogP contribution in [0, 0.1) is 0 Å². The Morgan fingerprint density at radius 1 is 0.938 bits per heavy atom. The van der Waals surface area contributed by atoms with Crippen molar-refractivity contribution in [3.8, 4) is 0 Å². The molecular weight excluding hydrogens is 416 g/mol. The average molecular weight is 441 g/mol. The summed E-state index contributed by atoms with van der Waals surface area (Å²) in [7, 11) is 0. The SMILES string of the molecule is CCc1ccc(NC(=O)[C@@H](CC)Sc2nc3ccccc3c3nc4ccccc4n23)cc1. The number of imidazole rings is 1. The summed E-state index contributed by atoms with van der Waals surface area (Å²) in [5.41, 5.74) is 5.72. The first-order chi connectivity index (χ1) is 15.7. The second-order valence-electron chi connectivity index (χ2n) is 7.73. The van der Waals surface area contributed by atoms with Crippen molar-refractivity contribution in [2.75, 3.05) is 5.32 Å². The summed E-state index contributed by atoms with van der Waals surface area (Å²) in [6.45, 7) is 4.15. The van der Waals surface area contributed by atoms with Crippen molar-refractivity contribution >= 4 is 50.9 Å². The van der Waals surface area contributed by atoms with Crippen molar-refractivity contribution in [1.82, 2.24) is 14.4 Å². The van der Waals surface area contributed by atoms with E-state index in [1.807, 2.05) is 67.6 Å². The van der Waals surface area contributed by atoms with Crippen LogP contribution in [-0.2, 0) is 11.2 Å². The van der Waals surface area contributed by atoms with Gasteiger partial charge in [-0.1, -0.05) is 62.0 Å². The second kappa shape index (κ2) is 8.63. The quantitative estimate of drug-likeness (QED) is 0.256. The first kappa shape index (κ1) is 20.5. The number of hydrogen-bond donors (Lipinski definition) is 1. The summed E-state index contributed by atoms with van der Waals surface area (Å²) in [5.74, 6) is -0.0192. The van der Waals surface area contributed by atoms with E-state index in [0.29, 0.717) is 6.42 Å². The summed E-state index contributed by atoms with van der Waals surface area (Å²) in [5, 5.41) is 4.56. The Kier molecular flexibility index (Phi) is 5.53. The number of carbonyl (C=O) groups is 1. The molecule has 2 heterocycles. The molecule has 3 aromatic carbocycles. The number of fused-ring (bicyclic) bond motifs is 5. The van der Waals surface area contributed by atoms with Crippen LogP contribution in [0.15, 0.2) is 78.0 Å². The van der Waals surface area contributed by atoms with Crippen molar-refractivity contribution in [3.63, 3.8) is 0 Å². The van der Waals surface area contributed by atoms with Crippen LogP contribution in [0.4, 0.5) is 5.69 Å². The zero-order valence-electron chi connectivity index (χ0n) is 18.1. The number of nitrogens with one attached hydrogen (secondary N) is 1. The minimum absolute atomic E-state index is 0.0192. The molecule has 5 aromatic rings. The first-order valence-electron chi connectivity index (χ1n) is 10.9. The van der Waals surface area contributed by atoms with Crippen LogP contribution in [0.5, 0.6) is 0 Å². The van der Waals surface area contributed by atoms with E-state index >= 15 is 0 Å². The Balaban J connectivity index is 1.54. The molecule has 0 aliphatic heterocycles. The molecule has 1 atom stereocenters. The minimum atomic E-state index is -0.279. The molecule has 0 spiro atoms. The fourth-order valence-electron chi connectivity index (χ4n) is 3.89. The van der Waals surface area contributed by atoms with Gasteiger partial charge in [-0.25, -0.2) is 9.97 Å². The van der Waals surface area contributed by atoms with Gasteiger partial charge in [0.1, 0.15) is 5.65 Å². The molecule has 32 heavy (non-hydrogen) atoms. The molecule has 1 N–H and O–H groups in total. The highest BCUT2D eigenvalue weighted by molar-refractivity contribution is 8.00. The Bertz CT molecular complexity index is 1430. The van der Waals surface area contributed by atoms with Gasteiger partial charge in [0.25, 0.3) is 0 Å². The van der Waals surface area contributed by atoms with Gasteiger partial charge in [0, 0.05) is 11.1 Å². The maximum absolute atomic E-state index is 13.1. The fraction of sp³-hybridized carbons (Fsp3) is 0.192. The van der Waals surface area contributed by atoms with Crippen molar-refractivity contribution in [2.24, 2.45) is 0 Å². The molecule has 5 rings (SSSR count). The molecule has 0 bridgehead atoms. The van der Waals surface area contributed by atoms with E-state index in [1.165, 1.54) is 17.3 Å². The molecule has 0 saturated heterocycles. The van der Waals surface area contributed by atoms with Crippen LogP contribution >= 0.6 is 11.8 Å². The third-order valence-electron chi connectivity index (χ3n) is 5.65. The third kappa shape index (κ3) is 3.71. The van der Waals surface area contributed by atoms with Gasteiger partial charge in [-0.05, 0) is 54.8 Å². The van der Waals surface area contributed by atoms with Gasteiger partial charge in [-0.2, -0.15) is 0 Å². The fourth-order valence-corrected chi connectivity index (χ4v) is 4.92. The van der Waals surface area contributed by atoms with Gasteiger partial charge in [-0.15, -0.1) is 0 Å². The molecular formula is C26H24N4OS. The molecule has 0 fully saturated rings. The normalized spacial score (nSPS) is 12.4. The number of rotatable bonds is 6. The topological polar surface area (TPSA) is 59.3 Å². The number of carbonyl (C=O) groups excluding carboxylic acids is 1. The lowest BCUT2D eigenvalue weighted by Crippen LogP contribution is -2.25. The van der Waals surface area contributed by atoms with E-state index in [0.717, 1.165) is 44.8 Å². The Morgan fingerprint density at radius 3 is 2.41 bits per heavy atom. The van der Waals surface area contributed by atoms with E-state index in [1.54, 1.807) is 0 Å². The van der Waals surface area contributed by atoms with Crippen LogP contribution in [0.25, 0.3) is 27.6 Å². The van der Waals surface area contributed by atoms with Crippen LogP contribution in [0.3, 0.4) is 0 Å². The summed E-state index contributed by atoms with van der Waals surface area (Å²) in [4.78, 5) is 22.9. The smallest absolute Gasteiger partial charge is 0.237 e. The standard InChI is InChI=1S/C26H24N4OS/c1-3-17-13-15-18(16-14-17)27-25(31)23(4-2)32-26-29-20-10-6-5-9-19(20)24-28-21-11-7-8-12-22(21)30(24)26/h5-16,23H,3-4H2,1-2H3,(H,27,31)/t23-/m1/s1. The lowest BCUT2D eigenvalue weighted by molar-refractivity contribution is -0.115. The van der Waals surface area contributed by atoms with Gasteiger partial charge in [0.2, 0.25) is 5.91 Å².